The Balaban J connectivity index is 1.72. The van der Waals surface area contributed by atoms with Gasteiger partial charge in [0.15, 0.2) is 0 Å². The van der Waals surface area contributed by atoms with Crippen LogP contribution in [0.3, 0.4) is 0 Å². The molecule has 0 radical (unpaired) electrons. The fraction of sp³-hybridized carbons (Fsp3) is 0.571. The summed E-state index contributed by atoms with van der Waals surface area (Å²) in [7, 11) is 1.56. The van der Waals surface area contributed by atoms with Crippen LogP contribution in [0, 0.1) is 5.92 Å². The van der Waals surface area contributed by atoms with Crippen LogP contribution in [0.2, 0.25) is 0 Å². The van der Waals surface area contributed by atoms with Crippen molar-refractivity contribution in [2.75, 3.05) is 25.1 Å². The Kier molecular flexibility index (Phi) is 6.03. The quantitative estimate of drug-likeness (QED) is 0.756. The molecule has 0 aromatic heterocycles. The van der Waals surface area contributed by atoms with Gasteiger partial charge in [0.1, 0.15) is 5.92 Å². The topological polar surface area (TPSA) is 87.2 Å². The molecule has 2 aliphatic rings. The predicted molar refractivity (Wildman–Crippen MR) is 104 cm³/mol. The number of hydrogen-bond donors (Lipinski definition) is 1. The molecule has 0 aliphatic carbocycles. The van der Waals surface area contributed by atoms with Gasteiger partial charge < -0.3 is 19.6 Å². The van der Waals surface area contributed by atoms with Crippen LogP contribution in [0.25, 0.3) is 0 Å². The molecule has 28 heavy (non-hydrogen) atoms. The molecule has 0 bridgehead atoms. The van der Waals surface area contributed by atoms with Gasteiger partial charge in [0.05, 0.1) is 12.5 Å². The number of carbonyl (C=O) groups excluding carboxylic acids is 2. The number of carboxylic acid groups (broad SMARTS) is 1. The molecule has 152 valence electrons. The average molecular weight is 388 g/mol. The van der Waals surface area contributed by atoms with Gasteiger partial charge in [-0.05, 0) is 36.5 Å². The van der Waals surface area contributed by atoms with Crippen molar-refractivity contribution in [2.45, 2.75) is 51.2 Å². The van der Waals surface area contributed by atoms with Crippen LogP contribution in [0.1, 0.15) is 44.6 Å². The lowest BCUT2D eigenvalue weighted by Crippen LogP contribution is -2.43. The molecular weight excluding hydrogens is 360 g/mol. The molecule has 3 atom stereocenters. The number of nitrogens with zero attached hydrogens (tertiary/aromatic N) is 2. The first-order chi connectivity index (χ1) is 13.3. The lowest BCUT2D eigenvalue weighted by atomic mass is 10.0. The Hall–Kier alpha value is -2.41. The molecule has 2 aliphatic heterocycles. The third kappa shape index (κ3) is 4.04. The van der Waals surface area contributed by atoms with Gasteiger partial charge in [0, 0.05) is 31.9 Å². The molecule has 7 nitrogen and oxygen atoms in total. The highest BCUT2D eigenvalue weighted by atomic mass is 16.5. The first-order valence-electron chi connectivity index (χ1n) is 9.78. The van der Waals surface area contributed by atoms with Gasteiger partial charge in [-0.15, -0.1) is 0 Å². The summed E-state index contributed by atoms with van der Waals surface area (Å²) in [6.45, 7) is 5.05. The maximum Gasteiger partial charge on any atom is 0.305 e. The van der Waals surface area contributed by atoms with E-state index in [2.05, 4.69) is 13.8 Å². The number of aliphatic carboxylic acids is 1. The molecule has 2 saturated heterocycles. The summed E-state index contributed by atoms with van der Waals surface area (Å²) in [6, 6.07) is 7.43. The van der Waals surface area contributed by atoms with E-state index in [1.165, 1.54) is 10.5 Å². The fourth-order valence-corrected chi connectivity index (χ4v) is 4.11. The molecule has 0 saturated carbocycles. The van der Waals surface area contributed by atoms with Crippen molar-refractivity contribution in [2.24, 2.45) is 5.92 Å². The van der Waals surface area contributed by atoms with Crippen LogP contribution in [0.4, 0.5) is 5.69 Å². The van der Waals surface area contributed by atoms with Crippen molar-refractivity contribution in [3.63, 3.8) is 0 Å². The van der Waals surface area contributed by atoms with Gasteiger partial charge in [0.2, 0.25) is 11.8 Å². The van der Waals surface area contributed by atoms with E-state index in [1.54, 1.807) is 12.0 Å². The molecule has 2 fully saturated rings. The second-order valence-electron chi connectivity index (χ2n) is 7.91. The van der Waals surface area contributed by atoms with E-state index >= 15 is 0 Å². The Morgan fingerprint density at radius 2 is 1.93 bits per heavy atom. The Morgan fingerprint density at radius 1 is 1.25 bits per heavy atom. The zero-order valence-corrected chi connectivity index (χ0v) is 16.6. The van der Waals surface area contributed by atoms with Crippen molar-refractivity contribution in [1.82, 2.24) is 4.90 Å². The SMILES string of the molecule is COC1CC(CC(=O)O)N(C(=O)C2CCN(c3ccc(C(C)C)cc3)C2=O)C1. The normalized spacial score (nSPS) is 25.0. The molecule has 1 aromatic rings. The second kappa shape index (κ2) is 8.31. The van der Waals surface area contributed by atoms with E-state index in [0.29, 0.717) is 31.8 Å². The van der Waals surface area contributed by atoms with Crippen LogP contribution >= 0.6 is 0 Å². The Bertz CT molecular complexity index is 746. The highest BCUT2D eigenvalue weighted by Crippen LogP contribution is 2.31. The Morgan fingerprint density at radius 3 is 2.50 bits per heavy atom. The molecule has 1 N–H and O–H groups in total. The predicted octanol–water partition coefficient (Wildman–Crippen LogP) is 2.25. The number of likely N-dealkylation sites (tertiary alicyclic amines) is 1. The third-order valence-corrected chi connectivity index (χ3v) is 5.78. The molecular formula is C21H28N2O5. The van der Waals surface area contributed by atoms with Gasteiger partial charge in [-0.1, -0.05) is 26.0 Å². The van der Waals surface area contributed by atoms with Gasteiger partial charge in [-0.3, -0.25) is 14.4 Å². The van der Waals surface area contributed by atoms with Crippen molar-refractivity contribution in [1.29, 1.82) is 0 Å². The fourth-order valence-electron chi connectivity index (χ4n) is 4.11. The van der Waals surface area contributed by atoms with Gasteiger partial charge in [-0.2, -0.15) is 0 Å². The lowest BCUT2D eigenvalue weighted by Gasteiger charge is -2.26. The average Bonchev–Trinajstić information content (AvgIpc) is 3.24. The number of benzene rings is 1. The summed E-state index contributed by atoms with van der Waals surface area (Å²) in [5, 5.41) is 9.15. The van der Waals surface area contributed by atoms with E-state index in [4.69, 9.17) is 9.84 Å². The van der Waals surface area contributed by atoms with Crippen molar-refractivity contribution >= 4 is 23.5 Å². The first-order valence-corrected chi connectivity index (χ1v) is 9.78. The van der Waals surface area contributed by atoms with Gasteiger partial charge in [-0.25, -0.2) is 0 Å². The zero-order valence-electron chi connectivity index (χ0n) is 16.6. The smallest absolute Gasteiger partial charge is 0.305 e. The zero-order chi connectivity index (χ0) is 20.4. The minimum Gasteiger partial charge on any atom is -0.481 e. The highest BCUT2D eigenvalue weighted by molar-refractivity contribution is 6.09. The van der Waals surface area contributed by atoms with E-state index < -0.39 is 17.9 Å². The number of rotatable bonds is 6. The van der Waals surface area contributed by atoms with Gasteiger partial charge >= 0.3 is 5.97 Å². The van der Waals surface area contributed by atoms with E-state index in [-0.39, 0.29) is 24.3 Å². The number of carboxylic acids is 1. The molecule has 2 amide bonds. The van der Waals surface area contributed by atoms with Crippen LogP contribution in [-0.4, -0.2) is 60.1 Å². The summed E-state index contributed by atoms with van der Waals surface area (Å²) in [4.78, 5) is 40.4. The molecule has 1 aromatic carbocycles. The number of carbonyl (C=O) groups is 3. The maximum atomic E-state index is 13.1. The van der Waals surface area contributed by atoms with E-state index in [9.17, 15) is 14.4 Å². The number of ether oxygens (including phenoxy) is 1. The molecule has 3 rings (SSSR count). The monoisotopic (exact) mass is 388 g/mol. The lowest BCUT2D eigenvalue weighted by molar-refractivity contribution is -0.142. The standard InChI is InChI=1S/C21H28N2O5/c1-13(2)14-4-6-15(7-5-14)22-9-8-18(20(22)26)21(27)23-12-17(28-3)10-16(23)11-19(24)25/h4-7,13,16-18H,8-12H2,1-3H3,(H,24,25). The molecule has 0 spiro atoms. The second-order valence-corrected chi connectivity index (χ2v) is 7.91. The summed E-state index contributed by atoms with van der Waals surface area (Å²) in [5.41, 5.74) is 1.99. The van der Waals surface area contributed by atoms with Crippen LogP contribution < -0.4 is 4.90 Å². The molecule has 3 unspecified atom stereocenters. The minimum absolute atomic E-state index is 0.132. The number of methoxy groups -OCH3 is 1. The van der Waals surface area contributed by atoms with Crippen LogP contribution in [0.15, 0.2) is 24.3 Å². The third-order valence-electron chi connectivity index (χ3n) is 5.78. The summed E-state index contributed by atoms with van der Waals surface area (Å²) in [5.74, 6) is -1.79. The number of hydrogen-bond acceptors (Lipinski definition) is 4. The van der Waals surface area contributed by atoms with Crippen molar-refractivity contribution in [3.05, 3.63) is 29.8 Å². The van der Waals surface area contributed by atoms with Crippen molar-refractivity contribution in [3.8, 4) is 0 Å². The number of anilines is 1. The van der Waals surface area contributed by atoms with E-state index in [0.717, 1.165) is 5.69 Å². The molecule has 7 heteroatoms. The van der Waals surface area contributed by atoms with E-state index in [1.807, 2.05) is 24.3 Å². The maximum absolute atomic E-state index is 13.1. The van der Waals surface area contributed by atoms with Gasteiger partial charge in [0.25, 0.3) is 0 Å². The highest BCUT2D eigenvalue weighted by Gasteiger charge is 2.44. The summed E-state index contributed by atoms with van der Waals surface area (Å²) >= 11 is 0. The van der Waals surface area contributed by atoms with Crippen LogP contribution in [-0.2, 0) is 19.1 Å². The summed E-state index contributed by atoms with van der Waals surface area (Å²) < 4.78 is 5.33. The summed E-state index contributed by atoms with van der Waals surface area (Å²) in [6.07, 6.45) is 0.602. The van der Waals surface area contributed by atoms with Crippen LogP contribution in [0.5, 0.6) is 0 Å². The largest absolute Gasteiger partial charge is 0.481 e. The molecule has 2 heterocycles. The van der Waals surface area contributed by atoms with Crippen molar-refractivity contribution < 1.29 is 24.2 Å². The Labute approximate surface area is 165 Å². The first kappa shape index (κ1) is 20.3. The minimum atomic E-state index is -0.954. The number of amides is 2.